The van der Waals surface area contributed by atoms with E-state index in [0.717, 1.165) is 11.3 Å². The summed E-state index contributed by atoms with van der Waals surface area (Å²) in [5.41, 5.74) is 2.43. The van der Waals surface area contributed by atoms with Gasteiger partial charge in [-0.1, -0.05) is 24.3 Å². The molecule has 136 valence electrons. The Balaban J connectivity index is 1.58. The van der Waals surface area contributed by atoms with Crippen molar-refractivity contribution < 1.29 is 14.3 Å². The number of carbonyl (C=O) groups is 2. The quantitative estimate of drug-likeness (QED) is 0.916. The summed E-state index contributed by atoms with van der Waals surface area (Å²) >= 11 is 0. The molecule has 0 aromatic heterocycles. The second-order valence-electron chi connectivity index (χ2n) is 6.61. The van der Waals surface area contributed by atoms with Gasteiger partial charge in [-0.25, -0.2) is 0 Å². The largest absolute Gasteiger partial charge is 0.496 e. The van der Waals surface area contributed by atoms with Crippen molar-refractivity contribution in [1.29, 1.82) is 0 Å². The number of piperidine rings is 1. The van der Waals surface area contributed by atoms with Crippen LogP contribution in [0, 0.1) is 12.8 Å². The molecule has 0 bridgehead atoms. The highest BCUT2D eigenvalue weighted by atomic mass is 16.5. The Labute approximate surface area is 154 Å². The van der Waals surface area contributed by atoms with Gasteiger partial charge in [-0.05, 0) is 49.6 Å². The van der Waals surface area contributed by atoms with Gasteiger partial charge in [0.15, 0.2) is 0 Å². The molecule has 0 spiro atoms. The average molecular weight is 352 g/mol. The molecule has 0 radical (unpaired) electrons. The first-order valence-electron chi connectivity index (χ1n) is 8.88. The van der Waals surface area contributed by atoms with Gasteiger partial charge in [0.05, 0.1) is 7.11 Å². The summed E-state index contributed by atoms with van der Waals surface area (Å²) in [5.74, 6) is 0.672. The molecule has 2 aromatic carbocycles. The van der Waals surface area contributed by atoms with Crippen LogP contribution in [0.2, 0.25) is 0 Å². The molecule has 5 nitrogen and oxygen atoms in total. The van der Waals surface area contributed by atoms with E-state index in [1.54, 1.807) is 13.2 Å². The van der Waals surface area contributed by atoms with Crippen LogP contribution in [0.5, 0.6) is 5.75 Å². The fourth-order valence-corrected chi connectivity index (χ4v) is 3.25. The van der Waals surface area contributed by atoms with E-state index in [4.69, 9.17) is 4.74 Å². The minimum Gasteiger partial charge on any atom is -0.496 e. The molecule has 1 N–H and O–H groups in total. The number of methoxy groups -OCH3 is 1. The van der Waals surface area contributed by atoms with Crippen LogP contribution in [-0.4, -0.2) is 36.9 Å². The van der Waals surface area contributed by atoms with Crippen molar-refractivity contribution in [3.05, 3.63) is 59.7 Å². The second kappa shape index (κ2) is 8.04. The number of anilines is 1. The summed E-state index contributed by atoms with van der Waals surface area (Å²) in [6.45, 7) is 3.12. The number of hydrogen-bond donors (Lipinski definition) is 1. The molecule has 1 saturated heterocycles. The number of benzene rings is 2. The number of hydrogen-bond acceptors (Lipinski definition) is 3. The summed E-state index contributed by atoms with van der Waals surface area (Å²) in [6, 6.07) is 15.0. The highest BCUT2D eigenvalue weighted by Crippen LogP contribution is 2.24. The zero-order valence-corrected chi connectivity index (χ0v) is 15.2. The smallest absolute Gasteiger partial charge is 0.253 e. The zero-order valence-electron chi connectivity index (χ0n) is 15.2. The number of para-hydroxylation sites is 1. The molecule has 1 aliphatic rings. The number of nitrogens with one attached hydrogen (secondary N) is 1. The standard InChI is InChI=1S/C21H24N2O3/c1-15-8-9-17(14-19(15)26-2)21(25)23-12-10-16(11-13-23)20(24)22-18-6-4-3-5-7-18/h3-9,14,16H,10-13H2,1-2H3,(H,22,24). The third-order valence-corrected chi connectivity index (χ3v) is 4.85. The predicted molar refractivity (Wildman–Crippen MR) is 101 cm³/mol. The lowest BCUT2D eigenvalue weighted by Gasteiger charge is -2.31. The minimum atomic E-state index is -0.0631. The van der Waals surface area contributed by atoms with Gasteiger partial charge >= 0.3 is 0 Å². The van der Waals surface area contributed by atoms with Crippen LogP contribution < -0.4 is 10.1 Å². The lowest BCUT2D eigenvalue weighted by Crippen LogP contribution is -2.41. The second-order valence-corrected chi connectivity index (χ2v) is 6.61. The molecule has 1 aliphatic heterocycles. The first-order chi connectivity index (χ1) is 12.6. The third-order valence-electron chi connectivity index (χ3n) is 4.85. The highest BCUT2D eigenvalue weighted by molar-refractivity contribution is 5.95. The topological polar surface area (TPSA) is 58.6 Å². The maximum atomic E-state index is 12.7. The zero-order chi connectivity index (χ0) is 18.5. The molecule has 1 heterocycles. The van der Waals surface area contributed by atoms with E-state index in [9.17, 15) is 9.59 Å². The van der Waals surface area contributed by atoms with E-state index in [2.05, 4.69) is 5.32 Å². The minimum absolute atomic E-state index is 0.00906. The van der Waals surface area contributed by atoms with Crippen LogP contribution in [0.1, 0.15) is 28.8 Å². The number of carbonyl (C=O) groups excluding carboxylic acids is 2. The number of ether oxygens (including phenoxy) is 1. The molecule has 2 aromatic rings. The van der Waals surface area contributed by atoms with E-state index in [1.807, 2.05) is 54.3 Å². The Kier molecular flexibility index (Phi) is 5.56. The fourth-order valence-electron chi connectivity index (χ4n) is 3.25. The van der Waals surface area contributed by atoms with Crippen LogP contribution in [0.3, 0.4) is 0 Å². The Morgan fingerprint density at radius 3 is 2.42 bits per heavy atom. The van der Waals surface area contributed by atoms with E-state index >= 15 is 0 Å². The van der Waals surface area contributed by atoms with Gasteiger partial charge < -0.3 is 15.0 Å². The summed E-state index contributed by atoms with van der Waals surface area (Å²) in [5, 5.41) is 2.95. The molecule has 26 heavy (non-hydrogen) atoms. The lowest BCUT2D eigenvalue weighted by molar-refractivity contribution is -0.121. The van der Waals surface area contributed by atoms with Crippen LogP contribution in [0.25, 0.3) is 0 Å². The van der Waals surface area contributed by atoms with E-state index in [0.29, 0.717) is 37.2 Å². The van der Waals surface area contributed by atoms with Gasteiger partial charge in [-0.15, -0.1) is 0 Å². The van der Waals surface area contributed by atoms with Gasteiger partial charge in [0.1, 0.15) is 5.75 Å². The van der Waals surface area contributed by atoms with Crippen molar-refractivity contribution in [2.45, 2.75) is 19.8 Å². The van der Waals surface area contributed by atoms with Crippen molar-refractivity contribution in [3.63, 3.8) is 0 Å². The first kappa shape index (κ1) is 18.0. The molecule has 0 saturated carbocycles. The Bertz CT molecular complexity index is 781. The summed E-state index contributed by atoms with van der Waals surface area (Å²) in [4.78, 5) is 26.9. The number of nitrogens with zero attached hydrogens (tertiary/aromatic N) is 1. The van der Waals surface area contributed by atoms with Crippen molar-refractivity contribution >= 4 is 17.5 Å². The Hall–Kier alpha value is -2.82. The van der Waals surface area contributed by atoms with E-state index in [-0.39, 0.29) is 17.7 Å². The third kappa shape index (κ3) is 4.04. The van der Waals surface area contributed by atoms with Crippen LogP contribution in [0.15, 0.2) is 48.5 Å². The van der Waals surface area contributed by atoms with Crippen molar-refractivity contribution in [1.82, 2.24) is 4.90 Å². The summed E-state index contributed by atoms with van der Waals surface area (Å²) in [6.07, 6.45) is 1.35. The predicted octanol–water partition coefficient (Wildman–Crippen LogP) is 3.49. The van der Waals surface area contributed by atoms with Crippen molar-refractivity contribution in [2.75, 3.05) is 25.5 Å². The molecule has 0 atom stereocenters. The monoisotopic (exact) mass is 352 g/mol. The maximum Gasteiger partial charge on any atom is 0.253 e. The SMILES string of the molecule is COc1cc(C(=O)N2CCC(C(=O)Nc3ccccc3)CC2)ccc1C. The van der Waals surface area contributed by atoms with Crippen molar-refractivity contribution in [2.24, 2.45) is 5.92 Å². The maximum absolute atomic E-state index is 12.7. The molecule has 0 aliphatic carbocycles. The number of amides is 2. The molecular formula is C21H24N2O3. The average Bonchev–Trinajstić information content (AvgIpc) is 2.68. The normalized spacial score (nSPS) is 14.8. The van der Waals surface area contributed by atoms with Gasteiger partial charge in [-0.3, -0.25) is 9.59 Å². The first-order valence-corrected chi connectivity index (χ1v) is 8.88. The Morgan fingerprint density at radius 2 is 1.77 bits per heavy atom. The highest BCUT2D eigenvalue weighted by Gasteiger charge is 2.28. The fraction of sp³-hybridized carbons (Fsp3) is 0.333. The lowest BCUT2D eigenvalue weighted by atomic mass is 9.95. The van der Waals surface area contributed by atoms with Crippen molar-refractivity contribution in [3.8, 4) is 5.75 Å². The number of rotatable bonds is 4. The van der Waals surface area contributed by atoms with Gasteiger partial charge in [-0.2, -0.15) is 0 Å². The molecule has 1 fully saturated rings. The number of aryl methyl sites for hydroxylation is 1. The van der Waals surface area contributed by atoms with Gasteiger partial charge in [0.25, 0.3) is 5.91 Å². The number of likely N-dealkylation sites (tertiary alicyclic amines) is 1. The van der Waals surface area contributed by atoms with E-state index in [1.165, 1.54) is 0 Å². The Morgan fingerprint density at radius 1 is 1.08 bits per heavy atom. The van der Waals surface area contributed by atoms with Crippen LogP contribution in [-0.2, 0) is 4.79 Å². The van der Waals surface area contributed by atoms with Gasteiger partial charge in [0.2, 0.25) is 5.91 Å². The van der Waals surface area contributed by atoms with E-state index < -0.39 is 0 Å². The molecular weight excluding hydrogens is 328 g/mol. The molecule has 0 unspecified atom stereocenters. The molecule has 3 rings (SSSR count). The van der Waals surface area contributed by atoms with Crippen LogP contribution >= 0.6 is 0 Å². The summed E-state index contributed by atoms with van der Waals surface area (Å²) in [7, 11) is 1.60. The van der Waals surface area contributed by atoms with Crippen LogP contribution in [0.4, 0.5) is 5.69 Å². The molecule has 2 amide bonds. The molecule has 5 heteroatoms. The van der Waals surface area contributed by atoms with Gasteiger partial charge in [0, 0.05) is 30.3 Å². The summed E-state index contributed by atoms with van der Waals surface area (Å²) < 4.78 is 5.30.